The van der Waals surface area contributed by atoms with Crippen LogP contribution in [0.15, 0.2) is 6.20 Å². The molecule has 1 aromatic rings. The SMILES string of the molecule is CC(C)CCn1ncc(NC(=O)N2CC[C@H](CO)C2)c1C(C)C. The number of likely N-dealkylation sites (tertiary alicyclic amines) is 1. The van der Waals surface area contributed by atoms with Gasteiger partial charge in [-0.1, -0.05) is 27.7 Å². The van der Waals surface area contributed by atoms with Gasteiger partial charge in [-0.2, -0.15) is 5.10 Å². The second-order valence-corrected chi connectivity index (χ2v) is 7.22. The van der Waals surface area contributed by atoms with Gasteiger partial charge in [0.15, 0.2) is 0 Å². The number of aromatic nitrogens is 2. The van der Waals surface area contributed by atoms with Crippen molar-refractivity contribution in [1.82, 2.24) is 14.7 Å². The van der Waals surface area contributed by atoms with E-state index in [0.717, 1.165) is 30.8 Å². The number of nitrogens with one attached hydrogen (secondary N) is 1. The summed E-state index contributed by atoms with van der Waals surface area (Å²) in [5.74, 6) is 1.13. The summed E-state index contributed by atoms with van der Waals surface area (Å²) in [6.45, 7) is 11.0. The van der Waals surface area contributed by atoms with Gasteiger partial charge < -0.3 is 15.3 Å². The maximum atomic E-state index is 12.4. The second-order valence-electron chi connectivity index (χ2n) is 7.22. The molecule has 2 rings (SSSR count). The summed E-state index contributed by atoms with van der Waals surface area (Å²) in [5, 5.41) is 16.7. The Kier molecular flexibility index (Phi) is 6.04. The van der Waals surface area contributed by atoms with Crippen LogP contribution < -0.4 is 5.32 Å². The number of aryl methyl sites for hydroxylation is 1. The summed E-state index contributed by atoms with van der Waals surface area (Å²) >= 11 is 0. The fourth-order valence-electron chi connectivity index (χ4n) is 3.02. The highest BCUT2D eigenvalue weighted by Gasteiger charge is 2.27. The van der Waals surface area contributed by atoms with Crippen LogP contribution in [0.4, 0.5) is 10.5 Å². The third kappa shape index (κ3) is 4.47. The average Bonchev–Trinajstić information content (AvgIpc) is 3.11. The van der Waals surface area contributed by atoms with Crippen molar-refractivity contribution in [2.45, 2.75) is 53.0 Å². The first kappa shape index (κ1) is 17.8. The molecular formula is C17H30N4O2. The molecule has 2 N–H and O–H groups in total. The Morgan fingerprint density at radius 1 is 1.43 bits per heavy atom. The smallest absolute Gasteiger partial charge is 0.321 e. The highest BCUT2D eigenvalue weighted by atomic mass is 16.3. The number of hydrogen-bond acceptors (Lipinski definition) is 3. The first-order valence-electron chi connectivity index (χ1n) is 8.64. The van der Waals surface area contributed by atoms with Gasteiger partial charge in [0.25, 0.3) is 0 Å². The molecule has 1 fully saturated rings. The van der Waals surface area contributed by atoms with Crippen molar-refractivity contribution in [3.8, 4) is 0 Å². The number of aliphatic hydroxyl groups excluding tert-OH is 1. The van der Waals surface area contributed by atoms with Gasteiger partial charge in [0.05, 0.1) is 17.6 Å². The minimum Gasteiger partial charge on any atom is -0.396 e. The Hall–Kier alpha value is -1.56. The van der Waals surface area contributed by atoms with E-state index in [-0.39, 0.29) is 18.6 Å². The van der Waals surface area contributed by atoms with Gasteiger partial charge in [-0.3, -0.25) is 4.68 Å². The van der Waals surface area contributed by atoms with Crippen LogP contribution in [0.1, 0.15) is 52.1 Å². The minimum atomic E-state index is -0.0914. The molecule has 130 valence electrons. The van der Waals surface area contributed by atoms with Crippen molar-refractivity contribution < 1.29 is 9.90 Å². The standard InChI is InChI=1S/C17H30N4O2/c1-12(2)5-8-21-16(13(3)4)15(9-18-21)19-17(23)20-7-6-14(10-20)11-22/h9,12-14,22H,5-8,10-11H2,1-4H3,(H,19,23)/t14-/m0/s1. The van der Waals surface area contributed by atoms with Crippen molar-refractivity contribution >= 4 is 11.7 Å². The van der Waals surface area contributed by atoms with E-state index in [9.17, 15) is 9.90 Å². The molecule has 1 saturated heterocycles. The van der Waals surface area contributed by atoms with Crippen LogP contribution in [0, 0.1) is 11.8 Å². The number of urea groups is 1. The maximum Gasteiger partial charge on any atom is 0.321 e. The predicted molar refractivity (Wildman–Crippen MR) is 91.6 cm³/mol. The molecule has 2 heterocycles. The molecule has 0 spiro atoms. The number of carbonyl (C=O) groups is 1. The molecule has 2 amide bonds. The van der Waals surface area contributed by atoms with Crippen LogP contribution in [-0.2, 0) is 6.54 Å². The molecule has 1 aliphatic rings. The van der Waals surface area contributed by atoms with Crippen molar-refractivity contribution in [3.63, 3.8) is 0 Å². The molecule has 23 heavy (non-hydrogen) atoms. The molecule has 0 saturated carbocycles. The molecule has 0 unspecified atom stereocenters. The zero-order valence-electron chi connectivity index (χ0n) is 14.7. The van der Waals surface area contributed by atoms with Crippen molar-refractivity contribution in [2.75, 3.05) is 25.0 Å². The number of anilines is 1. The number of nitrogens with zero attached hydrogens (tertiary/aromatic N) is 3. The molecular weight excluding hydrogens is 292 g/mol. The van der Waals surface area contributed by atoms with Gasteiger partial charge >= 0.3 is 6.03 Å². The third-order valence-corrected chi connectivity index (χ3v) is 4.42. The maximum absolute atomic E-state index is 12.4. The number of aliphatic hydroxyl groups is 1. The molecule has 1 aliphatic heterocycles. The van der Waals surface area contributed by atoms with Crippen LogP contribution in [0.25, 0.3) is 0 Å². The average molecular weight is 322 g/mol. The second kappa shape index (κ2) is 7.81. The number of amides is 2. The number of hydrogen-bond donors (Lipinski definition) is 2. The van der Waals surface area contributed by atoms with Gasteiger partial charge in [0.2, 0.25) is 0 Å². The van der Waals surface area contributed by atoms with Crippen molar-refractivity contribution in [1.29, 1.82) is 0 Å². The fraction of sp³-hybridized carbons (Fsp3) is 0.765. The zero-order valence-corrected chi connectivity index (χ0v) is 14.7. The summed E-state index contributed by atoms with van der Waals surface area (Å²) in [7, 11) is 0. The van der Waals surface area contributed by atoms with E-state index >= 15 is 0 Å². The molecule has 6 heteroatoms. The van der Waals surface area contributed by atoms with Gasteiger partial charge in [0, 0.05) is 32.2 Å². The van der Waals surface area contributed by atoms with E-state index < -0.39 is 0 Å². The molecule has 1 aromatic heterocycles. The monoisotopic (exact) mass is 322 g/mol. The number of rotatable bonds is 6. The lowest BCUT2D eigenvalue weighted by Crippen LogP contribution is -2.33. The molecule has 0 aromatic carbocycles. The van der Waals surface area contributed by atoms with Crippen LogP contribution in [0.3, 0.4) is 0 Å². The van der Waals surface area contributed by atoms with E-state index in [0.29, 0.717) is 24.9 Å². The predicted octanol–water partition coefficient (Wildman–Crippen LogP) is 2.90. The van der Waals surface area contributed by atoms with E-state index in [1.165, 1.54) is 0 Å². The van der Waals surface area contributed by atoms with E-state index in [4.69, 9.17) is 0 Å². The van der Waals surface area contributed by atoms with E-state index in [1.54, 1.807) is 11.1 Å². The Labute approximate surface area is 138 Å². The lowest BCUT2D eigenvalue weighted by Gasteiger charge is -2.18. The first-order valence-corrected chi connectivity index (χ1v) is 8.64. The lowest BCUT2D eigenvalue weighted by atomic mass is 10.1. The zero-order chi connectivity index (χ0) is 17.0. The van der Waals surface area contributed by atoms with Crippen molar-refractivity contribution in [3.05, 3.63) is 11.9 Å². The summed E-state index contributed by atoms with van der Waals surface area (Å²) in [5.41, 5.74) is 1.89. The Morgan fingerprint density at radius 2 is 2.17 bits per heavy atom. The highest BCUT2D eigenvalue weighted by Crippen LogP contribution is 2.26. The quantitative estimate of drug-likeness (QED) is 0.846. The largest absolute Gasteiger partial charge is 0.396 e. The summed E-state index contributed by atoms with van der Waals surface area (Å²) in [6, 6.07) is -0.0914. The number of carbonyl (C=O) groups excluding carboxylic acids is 1. The fourth-order valence-corrected chi connectivity index (χ4v) is 3.02. The summed E-state index contributed by atoms with van der Waals surface area (Å²) in [4.78, 5) is 14.2. The van der Waals surface area contributed by atoms with Gasteiger partial charge in [-0.15, -0.1) is 0 Å². The lowest BCUT2D eigenvalue weighted by molar-refractivity contribution is 0.208. The van der Waals surface area contributed by atoms with Crippen LogP contribution in [0.2, 0.25) is 0 Å². The van der Waals surface area contributed by atoms with Gasteiger partial charge in [-0.05, 0) is 24.7 Å². The van der Waals surface area contributed by atoms with Crippen LogP contribution in [0.5, 0.6) is 0 Å². The molecule has 6 nitrogen and oxygen atoms in total. The highest BCUT2D eigenvalue weighted by molar-refractivity contribution is 5.90. The minimum absolute atomic E-state index is 0.0914. The Morgan fingerprint density at radius 3 is 2.74 bits per heavy atom. The van der Waals surface area contributed by atoms with Crippen molar-refractivity contribution in [2.24, 2.45) is 11.8 Å². The topological polar surface area (TPSA) is 70.4 Å². The van der Waals surface area contributed by atoms with Gasteiger partial charge in [0.1, 0.15) is 0 Å². The molecule has 0 radical (unpaired) electrons. The molecule has 0 aliphatic carbocycles. The normalized spacial score (nSPS) is 18.2. The Bertz CT molecular complexity index is 525. The van der Waals surface area contributed by atoms with E-state index in [1.807, 2.05) is 4.68 Å². The van der Waals surface area contributed by atoms with Crippen LogP contribution >= 0.6 is 0 Å². The van der Waals surface area contributed by atoms with Crippen LogP contribution in [-0.4, -0.2) is 45.5 Å². The Balaban J connectivity index is 2.05. The molecule has 0 bridgehead atoms. The summed E-state index contributed by atoms with van der Waals surface area (Å²) < 4.78 is 2.01. The van der Waals surface area contributed by atoms with Gasteiger partial charge in [-0.25, -0.2) is 4.79 Å². The molecule has 1 atom stereocenters. The first-order chi connectivity index (χ1) is 10.9. The van der Waals surface area contributed by atoms with E-state index in [2.05, 4.69) is 38.1 Å². The third-order valence-electron chi connectivity index (χ3n) is 4.42. The summed E-state index contributed by atoms with van der Waals surface area (Å²) in [6.07, 6.45) is 3.70.